The van der Waals surface area contributed by atoms with Gasteiger partial charge in [0.15, 0.2) is 0 Å². The van der Waals surface area contributed by atoms with E-state index in [1.165, 1.54) is 6.07 Å². The molecular weight excluding hydrogens is 289 g/mol. The van der Waals surface area contributed by atoms with E-state index in [9.17, 15) is 22.8 Å². The number of rotatable bonds is 6. The van der Waals surface area contributed by atoms with Crippen LogP contribution in [0.5, 0.6) is 0 Å². The van der Waals surface area contributed by atoms with Crippen molar-refractivity contribution in [3.8, 4) is 0 Å². The standard InChI is InChI=1S/C13H15F3N2O3/c1-2-21-11(19)5-6-18-8-3-4-9(12(17)20)10(7-8)13(14,15)16/h3-4,7,18H,2,5-6H2,1H3,(H2,17,20). The molecule has 0 spiro atoms. The van der Waals surface area contributed by atoms with E-state index in [0.717, 1.165) is 12.1 Å². The summed E-state index contributed by atoms with van der Waals surface area (Å²) in [4.78, 5) is 22.1. The first kappa shape index (κ1) is 16.8. The van der Waals surface area contributed by atoms with Gasteiger partial charge in [0.25, 0.3) is 0 Å². The molecule has 5 nitrogen and oxygen atoms in total. The molecular formula is C13H15F3N2O3. The quantitative estimate of drug-likeness (QED) is 0.789. The molecule has 0 aliphatic carbocycles. The van der Waals surface area contributed by atoms with Crippen LogP contribution in [-0.4, -0.2) is 25.0 Å². The Hall–Kier alpha value is -2.25. The van der Waals surface area contributed by atoms with E-state index in [0.29, 0.717) is 0 Å². The molecule has 0 saturated heterocycles. The summed E-state index contributed by atoms with van der Waals surface area (Å²) in [6, 6.07) is 3.07. The van der Waals surface area contributed by atoms with Gasteiger partial charge in [0.2, 0.25) is 5.91 Å². The summed E-state index contributed by atoms with van der Waals surface area (Å²) >= 11 is 0. The fraction of sp³-hybridized carbons (Fsp3) is 0.385. The molecule has 0 saturated carbocycles. The van der Waals surface area contributed by atoms with E-state index in [4.69, 9.17) is 5.73 Å². The summed E-state index contributed by atoms with van der Waals surface area (Å²) < 4.78 is 43.2. The van der Waals surface area contributed by atoms with Gasteiger partial charge in [0.05, 0.1) is 24.2 Å². The zero-order valence-electron chi connectivity index (χ0n) is 11.3. The lowest BCUT2D eigenvalue weighted by molar-refractivity contribution is -0.142. The van der Waals surface area contributed by atoms with Crippen molar-refractivity contribution < 1.29 is 27.5 Å². The molecule has 0 aromatic heterocycles. The van der Waals surface area contributed by atoms with Gasteiger partial charge in [-0.3, -0.25) is 9.59 Å². The van der Waals surface area contributed by atoms with E-state index in [1.54, 1.807) is 6.92 Å². The molecule has 0 bridgehead atoms. The topological polar surface area (TPSA) is 81.4 Å². The van der Waals surface area contributed by atoms with Gasteiger partial charge in [-0.15, -0.1) is 0 Å². The fourth-order valence-corrected chi connectivity index (χ4v) is 1.65. The number of esters is 1. The minimum atomic E-state index is -4.69. The number of amides is 1. The van der Waals surface area contributed by atoms with Crippen molar-refractivity contribution in [2.45, 2.75) is 19.5 Å². The second-order valence-electron chi connectivity index (χ2n) is 4.10. The number of halogens is 3. The predicted octanol–water partition coefficient (Wildman–Crippen LogP) is 2.17. The van der Waals surface area contributed by atoms with Crippen molar-refractivity contribution in [3.63, 3.8) is 0 Å². The van der Waals surface area contributed by atoms with Gasteiger partial charge >= 0.3 is 12.1 Å². The fourth-order valence-electron chi connectivity index (χ4n) is 1.65. The molecule has 1 aromatic rings. The summed E-state index contributed by atoms with van der Waals surface area (Å²) in [5, 5.41) is 2.66. The molecule has 1 rings (SSSR count). The Morgan fingerprint density at radius 3 is 2.52 bits per heavy atom. The Labute approximate surface area is 119 Å². The zero-order chi connectivity index (χ0) is 16.0. The Morgan fingerprint density at radius 2 is 2.00 bits per heavy atom. The predicted molar refractivity (Wildman–Crippen MR) is 69.7 cm³/mol. The van der Waals surface area contributed by atoms with Crippen LogP contribution in [-0.2, 0) is 15.7 Å². The highest BCUT2D eigenvalue weighted by atomic mass is 19.4. The molecule has 116 valence electrons. The molecule has 0 radical (unpaired) electrons. The molecule has 1 aromatic carbocycles. The first-order valence-corrected chi connectivity index (χ1v) is 6.16. The summed E-state index contributed by atoms with van der Waals surface area (Å²) in [5.74, 6) is -1.60. The van der Waals surface area contributed by atoms with E-state index >= 15 is 0 Å². The summed E-state index contributed by atoms with van der Waals surface area (Å²) in [6.45, 7) is 2.01. The van der Waals surface area contributed by atoms with E-state index in [1.807, 2.05) is 0 Å². The second-order valence-corrected chi connectivity index (χ2v) is 4.10. The van der Waals surface area contributed by atoms with E-state index < -0.39 is 29.2 Å². The van der Waals surface area contributed by atoms with Crippen molar-refractivity contribution in [1.82, 2.24) is 0 Å². The molecule has 0 aliphatic rings. The molecule has 21 heavy (non-hydrogen) atoms. The average Bonchev–Trinajstić information content (AvgIpc) is 2.37. The maximum Gasteiger partial charge on any atom is 0.417 e. The highest BCUT2D eigenvalue weighted by Crippen LogP contribution is 2.33. The lowest BCUT2D eigenvalue weighted by Gasteiger charge is -2.13. The maximum atomic E-state index is 12.8. The Balaban J connectivity index is 2.82. The third-order valence-electron chi connectivity index (χ3n) is 2.55. The molecule has 0 fully saturated rings. The average molecular weight is 304 g/mol. The van der Waals surface area contributed by atoms with E-state index in [-0.39, 0.29) is 25.3 Å². The van der Waals surface area contributed by atoms with Crippen LogP contribution >= 0.6 is 0 Å². The summed E-state index contributed by atoms with van der Waals surface area (Å²) in [7, 11) is 0. The monoisotopic (exact) mass is 304 g/mol. The van der Waals surface area contributed by atoms with Crippen LogP contribution in [0, 0.1) is 0 Å². The van der Waals surface area contributed by atoms with Crippen LogP contribution in [0.3, 0.4) is 0 Å². The Morgan fingerprint density at radius 1 is 1.33 bits per heavy atom. The van der Waals surface area contributed by atoms with Crippen molar-refractivity contribution in [1.29, 1.82) is 0 Å². The molecule has 0 aliphatic heterocycles. The zero-order valence-corrected chi connectivity index (χ0v) is 11.3. The van der Waals surface area contributed by atoms with Crippen molar-refractivity contribution in [2.75, 3.05) is 18.5 Å². The number of ether oxygens (including phenoxy) is 1. The van der Waals surface area contributed by atoms with Gasteiger partial charge in [-0.05, 0) is 25.1 Å². The number of nitrogens with one attached hydrogen (secondary N) is 1. The molecule has 0 heterocycles. The second kappa shape index (κ2) is 6.96. The Bertz CT molecular complexity index is 530. The Kier molecular flexibility index (Phi) is 5.57. The minimum absolute atomic E-state index is 0.0206. The molecule has 0 atom stereocenters. The number of hydrogen-bond acceptors (Lipinski definition) is 4. The molecule has 8 heteroatoms. The van der Waals surface area contributed by atoms with Gasteiger partial charge in [0, 0.05) is 12.2 Å². The highest BCUT2D eigenvalue weighted by molar-refractivity contribution is 5.95. The first-order chi connectivity index (χ1) is 9.75. The molecule has 3 N–H and O–H groups in total. The van der Waals surface area contributed by atoms with Gasteiger partial charge < -0.3 is 15.8 Å². The number of alkyl halides is 3. The van der Waals surface area contributed by atoms with E-state index in [2.05, 4.69) is 10.1 Å². The smallest absolute Gasteiger partial charge is 0.417 e. The number of primary amides is 1. The lowest BCUT2D eigenvalue weighted by Crippen LogP contribution is -2.19. The van der Waals surface area contributed by atoms with Crippen LogP contribution in [0.25, 0.3) is 0 Å². The summed E-state index contributed by atoms with van der Waals surface area (Å²) in [6.07, 6.45) is -4.67. The van der Waals surface area contributed by atoms with Crippen LogP contribution in [0.2, 0.25) is 0 Å². The number of benzene rings is 1. The van der Waals surface area contributed by atoms with Gasteiger partial charge in [-0.25, -0.2) is 0 Å². The number of anilines is 1. The number of carbonyl (C=O) groups excluding carboxylic acids is 2. The minimum Gasteiger partial charge on any atom is -0.466 e. The maximum absolute atomic E-state index is 12.8. The van der Waals surface area contributed by atoms with Gasteiger partial charge in [-0.1, -0.05) is 0 Å². The normalized spacial score (nSPS) is 11.0. The van der Waals surface area contributed by atoms with Crippen LogP contribution < -0.4 is 11.1 Å². The molecule has 0 unspecified atom stereocenters. The number of hydrogen-bond donors (Lipinski definition) is 2. The number of nitrogens with two attached hydrogens (primary N) is 1. The lowest BCUT2D eigenvalue weighted by atomic mass is 10.1. The highest BCUT2D eigenvalue weighted by Gasteiger charge is 2.35. The van der Waals surface area contributed by atoms with Gasteiger partial charge in [0.1, 0.15) is 0 Å². The van der Waals surface area contributed by atoms with Crippen molar-refractivity contribution in [3.05, 3.63) is 29.3 Å². The van der Waals surface area contributed by atoms with Crippen molar-refractivity contribution >= 4 is 17.6 Å². The first-order valence-electron chi connectivity index (χ1n) is 6.16. The third kappa shape index (κ3) is 4.97. The summed E-state index contributed by atoms with van der Waals surface area (Å²) in [5.41, 5.74) is 3.34. The third-order valence-corrected chi connectivity index (χ3v) is 2.55. The van der Waals surface area contributed by atoms with Crippen LogP contribution in [0.4, 0.5) is 18.9 Å². The van der Waals surface area contributed by atoms with Gasteiger partial charge in [-0.2, -0.15) is 13.2 Å². The number of carbonyl (C=O) groups is 2. The largest absolute Gasteiger partial charge is 0.466 e. The SMILES string of the molecule is CCOC(=O)CCNc1ccc(C(N)=O)c(C(F)(F)F)c1. The van der Waals surface area contributed by atoms with Crippen molar-refractivity contribution in [2.24, 2.45) is 5.73 Å². The molecule has 1 amide bonds. The van der Waals surface area contributed by atoms with Crippen LogP contribution in [0.1, 0.15) is 29.3 Å². The van der Waals surface area contributed by atoms with Crippen LogP contribution in [0.15, 0.2) is 18.2 Å².